The summed E-state index contributed by atoms with van der Waals surface area (Å²) in [5.74, 6) is 1.33. The number of aromatic hydroxyl groups is 1. The quantitative estimate of drug-likeness (QED) is 0.851. The standard InChI is InChI=1S/C20H23NO2S/c1-23-19-14-17(7-8-18(19)22)20(24)21-11-9-16(10-12-21)13-15-5-3-2-4-6-15/h2-8,14,16,22H,9-13H2,1H3. The Bertz CT molecular complexity index is 694. The van der Waals surface area contributed by atoms with Crippen molar-refractivity contribution in [2.24, 2.45) is 5.92 Å². The molecular formula is C20H23NO2S. The smallest absolute Gasteiger partial charge is 0.161 e. The molecule has 1 aliphatic heterocycles. The molecule has 0 spiro atoms. The second-order valence-electron chi connectivity index (χ2n) is 6.31. The van der Waals surface area contributed by atoms with Gasteiger partial charge in [-0.3, -0.25) is 0 Å². The Kier molecular flexibility index (Phi) is 5.36. The van der Waals surface area contributed by atoms with E-state index in [9.17, 15) is 5.11 Å². The van der Waals surface area contributed by atoms with Crippen LogP contribution in [0.3, 0.4) is 0 Å². The van der Waals surface area contributed by atoms with Crippen molar-refractivity contribution in [1.29, 1.82) is 0 Å². The van der Waals surface area contributed by atoms with Gasteiger partial charge in [0.1, 0.15) is 4.99 Å². The summed E-state index contributed by atoms with van der Waals surface area (Å²) in [5.41, 5.74) is 2.35. The molecule has 3 nitrogen and oxygen atoms in total. The maximum atomic E-state index is 9.72. The van der Waals surface area contributed by atoms with Crippen molar-refractivity contribution in [3.05, 3.63) is 59.7 Å². The number of ether oxygens (including phenoxy) is 1. The first-order chi connectivity index (χ1) is 11.7. The van der Waals surface area contributed by atoms with Crippen molar-refractivity contribution in [2.75, 3.05) is 20.2 Å². The number of methoxy groups -OCH3 is 1. The van der Waals surface area contributed by atoms with E-state index in [-0.39, 0.29) is 5.75 Å². The van der Waals surface area contributed by atoms with Crippen LogP contribution in [0.25, 0.3) is 0 Å². The van der Waals surface area contributed by atoms with E-state index in [1.807, 2.05) is 12.1 Å². The van der Waals surface area contributed by atoms with E-state index in [1.165, 1.54) is 5.56 Å². The fourth-order valence-corrected chi connectivity index (χ4v) is 3.59. The molecule has 0 radical (unpaired) electrons. The SMILES string of the molecule is COc1cc(C(=S)N2CCC(Cc3ccccc3)CC2)ccc1O. The predicted octanol–water partition coefficient (Wildman–Crippen LogP) is 4.03. The second-order valence-corrected chi connectivity index (χ2v) is 6.70. The van der Waals surface area contributed by atoms with Gasteiger partial charge in [0.15, 0.2) is 11.5 Å². The van der Waals surface area contributed by atoms with Gasteiger partial charge in [0, 0.05) is 18.7 Å². The number of phenolic OH excluding ortho intramolecular Hbond substituents is 1. The fraction of sp³-hybridized carbons (Fsp3) is 0.350. The molecular weight excluding hydrogens is 318 g/mol. The highest BCUT2D eigenvalue weighted by atomic mass is 32.1. The molecule has 2 aromatic rings. The molecule has 1 saturated heterocycles. The summed E-state index contributed by atoms with van der Waals surface area (Å²) >= 11 is 5.65. The molecule has 1 N–H and O–H groups in total. The van der Waals surface area contributed by atoms with Crippen molar-refractivity contribution in [3.8, 4) is 11.5 Å². The first-order valence-corrected chi connectivity index (χ1v) is 8.78. The molecule has 0 amide bonds. The lowest BCUT2D eigenvalue weighted by atomic mass is 9.90. The normalized spacial score (nSPS) is 15.3. The number of hydrogen-bond acceptors (Lipinski definition) is 3. The molecule has 0 saturated carbocycles. The molecule has 0 aliphatic carbocycles. The third kappa shape index (κ3) is 3.88. The maximum Gasteiger partial charge on any atom is 0.161 e. The molecule has 0 unspecified atom stereocenters. The molecule has 1 aliphatic rings. The van der Waals surface area contributed by atoms with Crippen molar-refractivity contribution in [2.45, 2.75) is 19.3 Å². The minimum Gasteiger partial charge on any atom is -0.504 e. The number of rotatable bonds is 4. The van der Waals surface area contributed by atoms with Crippen molar-refractivity contribution in [3.63, 3.8) is 0 Å². The van der Waals surface area contributed by atoms with Gasteiger partial charge < -0.3 is 14.7 Å². The van der Waals surface area contributed by atoms with E-state index in [0.717, 1.165) is 48.8 Å². The Balaban J connectivity index is 1.59. The van der Waals surface area contributed by atoms with Crippen LogP contribution in [0, 0.1) is 5.92 Å². The molecule has 2 aromatic carbocycles. The van der Waals surface area contributed by atoms with Gasteiger partial charge in [-0.2, -0.15) is 0 Å². The molecule has 1 fully saturated rings. The maximum absolute atomic E-state index is 9.72. The van der Waals surface area contributed by atoms with E-state index in [4.69, 9.17) is 17.0 Å². The Morgan fingerprint density at radius 1 is 1.17 bits per heavy atom. The molecule has 0 aromatic heterocycles. The lowest BCUT2D eigenvalue weighted by Crippen LogP contribution is -2.38. The highest BCUT2D eigenvalue weighted by Crippen LogP contribution is 2.28. The van der Waals surface area contributed by atoms with Gasteiger partial charge in [0.05, 0.1) is 7.11 Å². The van der Waals surface area contributed by atoms with Crippen LogP contribution in [-0.4, -0.2) is 35.2 Å². The average molecular weight is 341 g/mol. The number of phenols is 1. The number of likely N-dealkylation sites (tertiary alicyclic amines) is 1. The summed E-state index contributed by atoms with van der Waals surface area (Å²) in [6.45, 7) is 1.97. The topological polar surface area (TPSA) is 32.7 Å². The number of benzene rings is 2. The van der Waals surface area contributed by atoms with E-state index in [1.54, 1.807) is 13.2 Å². The lowest BCUT2D eigenvalue weighted by molar-refractivity contribution is 0.268. The largest absolute Gasteiger partial charge is 0.504 e. The summed E-state index contributed by atoms with van der Waals surface area (Å²) in [5, 5.41) is 9.72. The zero-order valence-electron chi connectivity index (χ0n) is 13.9. The first-order valence-electron chi connectivity index (χ1n) is 8.37. The van der Waals surface area contributed by atoms with E-state index >= 15 is 0 Å². The van der Waals surface area contributed by atoms with Gasteiger partial charge in [-0.25, -0.2) is 0 Å². The number of piperidine rings is 1. The average Bonchev–Trinajstić information content (AvgIpc) is 2.63. The van der Waals surface area contributed by atoms with Gasteiger partial charge >= 0.3 is 0 Å². The summed E-state index contributed by atoms with van der Waals surface area (Å²) in [6, 6.07) is 16.0. The molecule has 1 heterocycles. The van der Waals surface area contributed by atoms with E-state index in [2.05, 4.69) is 35.2 Å². The molecule has 4 heteroatoms. The van der Waals surface area contributed by atoms with Crippen LogP contribution in [0.1, 0.15) is 24.0 Å². The summed E-state index contributed by atoms with van der Waals surface area (Å²) in [6.07, 6.45) is 3.46. The number of hydrogen-bond donors (Lipinski definition) is 1. The summed E-state index contributed by atoms with van der Waals surface area (Å²) < 4.78 is 5.18. The lowest BCUT2D eigenvalue weighted by Gasteiger charge is -2.34. The molecule has 126 valence electrons. The molecule has 3 rings (SSSR count). The Hall–Kier alpha value is -2.07. The van der Waals surface area contributed by atoms with Gasteiger partial charge in [0.25, 0.3) is 0 Å². The molecule has 0 atom stereocenters. The second kappa shape index (κ2) is 7.67. The van der Waals surface area contributed by atoms with E-state index < -0.39 is 0 Å². The number of thiocarbonyl (C=S) groups is 1. The van der Waals surface area contributed by atoms with Crippen LogP contribution in [0.2, 0.25) is 0 Å². The minimum atomic E-state index is 0.144. The number of nitrogens with zero attached hydrogens (tertiary/aromatic N) is 1. The van der Waals surface area contributed by atoms with Crippen LogP contribution in [0.5, 0.6) is 11.5 Å². The van der Waals surface area contributed by atoms with Gasteiger partial charge in [-0.1, -0.05) is 42.5 Å². The van der Waals surface area contributed by atoms with Crippen molar-refractivity contribution in [1.82, 2.24) is 4.90 Å². The third-order valence-corrected chi connectivity index (χ3v) is 5.19. The van der Waals surface area contributed by atoms with E-state index in [0.29, 0.717) is 5.75 Å². The first kappa shape index (κ1) is 16.8. The van der Waals surface area contributed by atoms with Crippen LogP contribution in [-0.2, 0) is 6.42 Å². The predicted molar refractivity (Wildman–Crippen MR) is 101 cm³/mol. The van der Waals surface area contributed by atoms with Crippen LogP contribution in [0.15, 0.2) is 48.5 Å². The van der Waals surface area contributed by atoms with Crippen molar-refractivity contribution >= 4 is 17.2 Å². The minimum absolute atomic E-state index is 0.144. The summed E-state index contributed by atoms with van der Waals surface area (Å²) in [7, 11) is 1.55. The Labute approximate surface area is 148 Å². The zero-order chi connectivity index (χ0) is 16.9. The fourth-order valence-electron chi connectivity index (χ4n) is 3.28. The van der Waals surface area contributed by atoms with Crippen LogP contribution >= 0.6 is 12.2 Å². The molecule has 24 heavy (non-hydrogen) atoms. The molecule has 0 bridgehead atoms. The van der Waals surface area contributed by atoms with Crippen LogP contribution < -0.4 is 4.74 Å². The Morgan fingerprint density at radius 2 is 1.88 bits per heavy atom. The monoisotopic (exact) mass is 341 g/mol. The van der Waals surface area contributed by atoms with Gasteiger partial charge in [-0.05, 0) is 48.9 Å². The third-order valence-electron chi connectivity index (χ3n) is 4.70. The Morgan fingerprint density at radius 3 is 2.54 bits per heavy atom. The zero-order valence-corrected chi connectivity index (χ0v) is 14.8. The highest BCUT2D eigenvalue weighted by Gasteiger charge is 2.22. The van der Waals surface area contributed by atoms with Crippen molar-refractivity contribution < 1.29 is 9.84 Å². The van der Waals surface area contributed by atoms with Crippen LogP contribution in [0.4, 0.5) is 0 Å². The highest BCUT2D eigenvalue weighted by molar-refractivity contribution is 7.80. The van der Waals surface area contributed by atoms with Gasteiger partial charge in [-0.15, -0.1) is 0 Å². The van der Waals surface area contributed by atoms with Gasteiger partial charge in [0.2, 0.25) is 0 Å². The summed E-state index contributed by atoms with van der Waals surface area (Å²) in [4.78, 5) is 3.11.